The van der Waals surface area contributed by atoms with Crippen LogP contribution in [0, 0.1) is 12.7 Å². The Kier molecular flexibility index (Phi) is 6.15. The predicted octanol–water partition coefficient (Wildman–Crippen LogP) is 6.59. The largest absolute Gasteiger partial charge is 0.391 e. The highest BCUT2D eigenvalue weighted by atomic mass is 19.4. The minimum atomic E-state index is -4.34. The summed E-state index contributed by atoms with van der Waals surface area (Å²) in [5.74, 6) is -0.428. The number of alkyl halides is 3. The molecule has 30 heavy (non-hydrogen) atoms. The first-order chi connectivity index (χ1) is 14.1. The van der Waals surface area contributed by atoms with Gasteiger partial charge >= 0.3 is 6.18 Å². The third-order valence-corrected chi connectivity index (χ3v) is 5.16. The number of nitrogens with zero attached hydrogens (tertiary/aromatic N) is 1. The summed E-state index contributed by atoms with van der Waals surface area (Å²) in [6.45, 7) is 5.15. The van der Waals surface area contributed by atoms with Crippen molar-refractivity contribution in [3.63, 3.8) is 0 Å². The number of benzene rings is 2. The molecule has 1 atom stereocenters. The molecule has 2 nitrogen and oxygen atoms in total. The Bertz CT molecular complexity index is 1060. The van der Waals surface area contributed by atoms with E-state index in [-0.39, 0.29) is 11.9 Å². The van der Waals surface area contributed by atoms with Gasteiger partial charge in [-0.2, -0.15) is 13.2 Å². The van der Waals surface area contributed by atoms with Crippen LogP contribution in [0.2, 0.25) is 0 Å². The van der Waals surface area contributed by atoms with Crippen molar-refractivity contribution in [3.8, 4) is 0 Å². The molecule has 0 aliphatic rings. The molecule has 0 aliphatic heterocycles. The fourth-order valence-corrected chi connectivity index (χ4v) is 3.85. The number of nitrogens with one attached hydrogen (secondary N) is 1. The first kappa shape index (κ1) is 21.8. The van der Waals surface area contributed by atoms with Crippen LogP contribution in [0.3, 0.4) is 0 Å². The Hall–Kier alpha value is -2.89. The first-order valence-electron chi connectivity index (χ1n) is 9.71. The maximum Gasteiger partial charge on any atom is 0.391 e. The number of aryl methyl sites for hydroxylation is 1. The highest BCUT2D eigenvalue weighted by Crippen LogP contribution is 2.33. The second-order valence-corrected chi connectivity index (χ2v) is 7.78. The van der Waals surface area contributed by atoms with E-state index in [0.29, 0.717) is 16.6 Å². The van der Waals surface area contributed by atoms with E-state index >= 15 is 0 Å². The summed E-state index contributed by atoms with van der Waals surface area (Å²) in [4.78, 5) is 4.22. The highest BCUT2D eigenvalue weighted by Gasteiger charge is 2.40. The number of fused-ring (bicyclic) bond motifs is 1. The van der Waals surface area contributed by atoms with Crippen LogP contribution in [-0.2, 0) is 6.42 Å². The van der Waals surface area contributed by atoms with Crippen LogP contribution in [0.25, 0.3) is 16.6 Å². The highest BCUT2D eigenvalue weighted by molar-refractivity contribution is 5.87. The Morgan fingerprint density at radius 1 is 1.07 bits per heavy atom. The van der Waals surface area contributed by atoms with E-state index in [4.69, 9.17) is 0 Å². The van der Waals surface area contributed by atoms with Crippen molar-refractivity contribution >= 4 is 16.6 Å². The molecule has 0 radical (unpaired) electrons. The third kappa shape index (κ3) is 4.99. The van der Waals surface area contributed by atoms with E-state index in [1.54, 1.807) is 32.1 Å². The van der Waals surface area contributed by atoms with Gasteiger partial charge in [0.1, 0.15) is 11.3 Å². The first-order valence-corrected chi connectivity index (χ1v) is 9.71. The number of para-hydroxylation sites is 1. The summed E-state index contributed by atoms with van der Waals surface area (Å²) in [6, 6.07) is 13.8. The van der Waals surface area contributed by atoms with Crippen LogP contribution >= 0.6 is 0 Å². The van der Waals surface area contributed by atoms with Crippen LogP contribution in [0.1, 0.15) is 37.0 Å². The quantitative estimate of drug-likeness (QED) is 0.459. The van der Waals surface area contributed by atoms with Crippen LogP contribution in [-0.4, -0.2) is 16.7 Å². The molecule has 1 unspecified atom stereocenters. The Labute approximate surface area is 173 Å². The average molecular weight is 416 g/mol. The van der Waals surface area contributed by atoms with Crippen molar-refractivity contribution in [1.82, 2.24) is 10.3 Å². The van der Waals surface area contributed by atoms with E-state index in [0.717, 1.165) is 11.1 Å². The normalized spacial score (nSPS) is 14.6. The maximum atomic E-state index is 14.1. The van der Waals surface area contributed by atoms with Crippen molar-refractivity contribution in [3.05, 3.63) is 83.3 Å². The zero-order chi connectivity index (χ0) is 21.9. The van der Waals surface area contributed by atoms with Crippen LogP contribution < -0.4 is 5.32 Å². The second kappa shape index (κ2) is 8.46. The Morgan fingerprint density at radius 2 is 1.77 bits per heavy atom. The molecule has 0 aliphatic carbocycles. The lowest BCUT2D eigenvalue weighted by Crippen LogP contribution is -2.46. The molecule has 0 bridgehead atoms. The standard InChI is InChI=1S/C24H24F4N2/c1-4-21(19-14-29-22-18(16(19)2)11-8-12-20(22)25)30-23(3,15-24(26,27)28)13-17-9-6-5-7-10-17/h4-12,14,30H,13,15H2,1-3H3/b21-4+. The van der Waals surface area contributed by atoms with Crippen molar-refractivity contribution in [2.24, 2.45) is 0 Å². The molecule has 0 amide bonds. The lowest BCUT2D eigenvalue weighted by molar-refractivity contribution is -0.147. The molecular weight excluding hydrogens is 392 g/mol. The summed E-state index contributed by atoms with van der Waals surface area (Å²) < 4.78 is 54.3. The lowest BCUT2D eigenvalue weighted by Gasteiger charge is -2.34. The lowest BCUT2D eigenvalue weighted by atomic mass is 9.88. The topological polar surface area (TPSA) is 24.9 Å². The van der Waals surface area contributed by atoms with Crippen LogP contribution in [0.5, 0.6) is 0 Å². The smallest absolute Gasteiger partial charge is 0.379 e. The van der Waals surface area contributed by atoms with E-state index in [2.05, 4.69) is 10.3 Å². The zero-order valence-electron chi connectivity index (χ0n) is 17.1. The molecule has 3 aromatic rings. The number of aromatic nitrogens is 1. The third-order valence-electron chi connectivity index (χ3n) is 5.16. The fourth-order valence-electron chi connectivity index (χ4n) is 3.85. The monoisotopic (exact) mass is 416 g/mol. The predicted molar refractivity (Wildman–Crippen MR) is 112 cm³/mol. The summed E-state index contributed by atoms with van der Waals surface area (Å²) in [6.07, 6.45) is -1.90. The molecule has 0 saturated carbocycles. The van der Waals surface area contributed by atoms with Crippen molar-refractivity contribution in [2.45, 2.75) is 45.3 Å². The minimum Gasteiger partial charge on any atom is -0.379 e. The number of allylic oxidation sites excluding steroid dienone is 1. The van der Waals surface area contributed by atoms with E-state index in [1.807, 2.05) is 37.3 Å². The molecule has 1 heterocycles. The molecule has 0 fully saturated rings. The molecule has 2 aromatic carbocycles. The average Bonchev–Trinajstić information content (AvgIpc) is 2.67. The van der Waals surface area contributed by atoms with Gasteiger partial charge in [-0.1, -0.05) is 48.5 Å². The summed E-state index contributed by atoms with van der Waals surface area (Å²) in [5, 5.41) is 3.76. The number of hydrogen-bond acceptors (Lipinski definition) is 2. The zero-order valence-corrected chi connectivity index (χ0v) is 17.1. The van der Waals surface area contributed by atoms with Crippen LogP contribution in [0.4, 0.5) is 17.6 Å². The van der Waals surface area contributed by atoms with Crippen molar-refractivity contribution in [1.29, 1.82) is 0 Å². The maximum absolute atomic E-state index is 14.1. The molecular formula is C24H24F4N2. The van der Waals surface area contributed by atoms with E-state index in [1.165, 1.54) is 12.3 Å². The Morgan fingerprint density at radius 3 is 2.40 bits per heavy atom. The minimum absolute atomic E-state index is 0.194. The molecule has 0 saturated heterocycles. The van der Waals surface area contributed by atoms with Gasteiger partial charge in [-0.3, -0.25) is 4.98 Å². The molecule has 0 spiro atoms. The van der Waals surface area contributed by atoms with Gasteiger partial charge in [0, 0.05) is 28.4 Å². The van der Waals surface area contributed by atoms with Gasteiger partial charge in [0.25, 0.3) is 0 Å². The number of halogens is 4. The van der Waals surface area contributed by atoms with Gasteiger partial charge in [-0.15, -0.1) is 0 Å². The molecule has 3 rings (SSSR count). The number of pyridine rings is 1. The summed E-state index contributed by atoms with van der Waals surface area (Å²) in [7, 11) is 0. The van der Waals surface area contributed by atoms with Gasteiger partial charge in [0.15, 0.2) is 0 Å². The van der Waals surface area contributed by atoms with Crippen molar-refractivity contribution in [2.75, 3.05) is 0 Å². The summed E-state index contributed by atoms with van der Waals surface area (Å²) in [5.41, 5.74) is 1.73. The van der Waals surface area contributed by atoms with Crippen LogP contribution in [0.15, 0.2) is 60.8 Å². The van der Waals surface area contributed by atoms with Gasteiger partial charge in [0.05, 0.1) is 6.42 Å². The number of hydrogen-bond donors (Lipinski definition) is 1. The second-order valence-electron chi connectivity index (χ2n) is 7.78. The Balaban J connectivity index is 2.00. The van der Waals surface area contributed by atoms with Gasteiger partial charge in [-0.05, 0) is 44.4 Å². The fraction of sp³-hybridized carbons (Fsp3) is 0.292. The van der Waals surface area contributed by atoms with Gasteiger partial charge in [0.2, 0.25) is 0 Å². The van der Waals surface area contributed by atoms with E-state index in [9.17, 15) is 17.6 Å². The van der Waals surface area contributed by atoms with Gasteiger partial charge in [-0.25, -0.2) is 4.39 Å². The van der Waals surface area contributed by atoms with Gasteiger partial charge < -0.3 is 5.32 Å². The SMILES string of the molecule is C/C=C(/NC(C)(Cc1ccccc1)CC(F)(F)F)c1cnc2c(F)cccc2c1C. The molecule has 158 valence electrons. The van der Waals surface area contributed by atoms with Crippen molar-refractivity contribution < 1.29 is 17.6 Å². The molecule has 1 N–H and O–H groups in total. The molecule has 1 aromatic heterocycles. The summed E-state index contributed by atoms with van der Waals surface area (Å²) >= 11 is 0. The van der Waals surface area contributed by atoms with E-state index < -0.39 is 24.0 Å². The number of rotatable bonds is 6. The molecule has 6 heteroatoms.